The zero-order chi connectivity index (χ0) is 12.1. The van der Waals surface area contributed by atoms with Gasteiger partial charge in [-0.25, -0.2) is 4.68 Å². The van der Waals surface area contributed by atoms with E-state index in [1.165, 1.54) is 0 Å². The molecule has 5 nitrogen and oxygen atoms in total. The zero-order valence-electron chi connectivity index (χ0n) is 10.5. The van der Waals surface area contributed by atoms with Crippen molar-refractivity contribution in [1.82, 2.24) is 15.1 Å². The van der Waals surface area contributed by atoms with Crippen LogP contribution in [0, 0.1) is 5.92 Å². The van der Waals surface area contributed by atoms with Gasteiger partial charge in [-0.2, -0.15) is 5.10 Å². The summed E-state index contributed by atoms with van der Waals surface area (Å²) in [6.07, 6.45) is 4.13. The molecule has 1 aliphatic heterocycles. The van der Waals surface area contributed by atoms with E-state index < -0.39 is 0 Å². The standard InChI is InChI=1S/C12H23N5/c1-10(2-5-13)3-6-15-12-4-7-16-17(12)11-8-14-9-11/h4,7,10-11,14-15H,2-3,5-6,8-9,13H2,1H3. The second-order valence-corrected chi connectivity index (χ2v) is 4.87. The van der Waals surface area contributed by atoms with Gasteiger partial charge in [-0.3, -0.25) is 0 Å². The fourth-order valence-corrected chi connectivity index (χ4v) is 2.07. The van der Waals surface area contributed by atoms with Crippen molar-refractivity contribution in [3.63, 3.8) is 0 Å². The molecule has 4 N–H and O–H groups in total. The van der Waals surface area contributed by atoms with Crippen LogP contribution >= 0.6 is 0 Å². The summed E-state index contributed by atoms with van der Waals surface area (Å²) in [5.41, 5.74) is 5.54. The maximum atomic E-state index is 5.54. The van der Waals surface area contributed by atoms with E-state index in [-0.39, 0.29) is 0 Å². The van der Waals surface area contributed by atoms with Gasteiger partial charge >= 0.3 is 0 Å². The normalized spacial score (nSPS) is 17.8. The number of rotatable bonds is 7. The molecule has 96 valence electrons. The molecule has 1 aromatic rings. The van der Waals surface area contributed by atoms with Crippen molar-refractivity contribution >= 4 is 5.82 Å². The smallest absolute Gasteiger partial charge is 0.124 e. The summed E-state index contributed by atoms with van der Waals surface area (Å²) in [5, 5.41) is 11.1. The minimum Gasteiger partial charge on any atom is -0.370 e. The zero-order valence-corrected chi connectivity index (χ0v) is 10.5. The highest BCUT2D eigenvalue weighted by Crippen LogP contribution is 2.17. The second kappa shape index (κ2) is 6.02. The maximum Gasteiger partial charge on any atom is 0.124 e. The molecule has 1 saturated heterocycles. The van der Waals surface area contributed by atoms with Crippen molar-refractivity contribution in [2.75, 3.05) is 31.5 Å². The number of hydrogen-bond acceptors (Lipinski definition) is 4. The van der Waals surface area contributed by atoms with Gasteiger partial charge in [-0.05, 0) is 25.3 Å². The lowest BCUT2D eigenvalue weighted by Gasteiger charge is -2.29. The van der Waals surface area contributed by atoms with Gasteiger partial charge < -0.3 is 16.4 Å². The molecule has 1 unspecified atom stereocenters. The van der Waals surface area contributed by atoms with E-state index in [0.717, 1.165) is 44.8 Å². The monoisotopic (exact) mass is 237 g/mol. The molecule has 0 amide bonds. The van der Waals surface area contributed by atoms with Gasteiger partial charge in [0.2, 0.25) is 0 Å². The van der Waals surface area contributed by atoms with E-state index in [9.17, 15) is 0 Å². The highest BCUT2D eigenvalue weighted by atomic mass is 15.4. The Hall–Kier alpha value is -1.07. The first kappa shape index (κ1) is 12.4. The minimum atomic E-state index is 0.522. The average Bonchev–Trinajstić information content (AvgIpc) is 2.64. The molecule has 0 spiro atoms. The molecule has 2 rings (SSSR count). The first-order chi connectivity index (χ1) is 8.31. The SMILES string of the molecule is CC(CCN)CCNc1ccnn1C1CNC1. The Morgan fingerprint density at radius 1 is 1.59 bits per heavy atom. The van der Waals surface area contributed by atoms with E-state index >= 15 is 0 Å². The molecule has 1 aromatic heterocycles. The van der Waals surface area contributed by atoms with Crippen LogP contribution in [0.25, 0.3) is 0 Å². The quantitative estimate of drug-likeness (QED) is 0.656. The first-order valence-corrected chi connectivity index (χ1v) is 6.49. The molecule has 17 heavy (non-hydrogen) atoms. The summed E-state index contributed by atoms with van der Waals surface area (Å²) < 4.78 is 2.09. The highest BCUT2D eigenvalue weighted by Gasteiger charge is 2.21. The number of nitrogens with two attached hydrogens (primary N) is 1. The van der Waals surface area contributed by atoms with E-state index in [0.29, 0.717) is 12.0 Å². The Kier molecular flexibility index (Phi) is 4.39. The van der Waals surface area contributed by atoms with E-state index in [1.54, 1.807) is 0 Å². The molecule has 5 heteroatoms. The number of nitrogens with zero attached hydrogens (tertiary/aromatic N) is 2. The van der Waals surface area contributed by atoms with Crippen molar-refractivity contribution in [1.29, 1.82) is 0 Å². The molecule has 0 aromatic carbocycles. The van der Waals surface area contributed by atoms with E-state index in [4.69, 9.17) is 5.73 Å². The predicted molar refractivity (Wildman–Crippen MR) is 70.1 cm³/mol. The lowest BCUT2D eigenvalue weighted by atomic mass is 10.0. The molecule has 0 radical (unpaired) electrons. The third-order valence-corrected chi connectivity index (χ3v) is 3.38. The molecule has 1 fully saturated rings. The van der Waals surface area contributed by atoms with Crippen molar-refractivity contribution < 1.29 is 0 Å². The molecular weight excluding hydrogens is 214 g/mol. The number of nitrogens with one attached hydrogen (secondary N) is 2. The van der Waals surface area contributed by atoms with Gasteiger partial charge in [0.05, 0.1) is 12.2 Å². The summed E-state index contributed by atoms with van der Waals surface area (Å²) in [7, 11) is 0. The summed E-state index contributed by atoms with van der Waals surface area (Å²) in [4.78, 5) is 0. The molecule has 2 heterocycles. The second-order valence-electron chi connectivity index (χ2n) is 4.87. The van der Waals surface area contributed by atoms with Gasteiger partial charge in [0, 0.05) is 25.7 Å². The van der Waals surface area contributed by atoms with Crippen molar-refractivity contribution in [3.05, 3.63) is 12.3 Å². The van der Waals surface area contributed by atoms with Crippen molar-refractivity contribution in [3.8, 4) is 0 Å². The summed E-state index contributed by atoms with van der Waals surface area (Å²) >= 11 is 0. The van der Waals surface area contributed by atoms with Crippen LogP contribution in [-0.2, 0) is 0 Å². The largest absolute Gasteiger partial charge is 0.370 e. The fourth-order valence-electron chi connectivity index (χ4n) is 2.07. The Bertz CT molecular complexity index is 331. The molecule has 0 bridgehead atoms. The van der Waals surface area contributed by atoms with E-state index in [2.05, 4.69) is 27.3 Å². The van der Waals surface area contributed by atoms with Crippen LogP contribution in [0.2, 0.25) is 0 Å². The van der Waals surface area contributed by atoms with Crippen molar-refractivity contribution in [2.24, 2.45) is 11.7 Å². The lowest BCUT2D eigenvalue weighted by Crippen LogP contribution is -2.44. The molecule has 1 atom stereocenters. The molecule has 1 aliphatic rings. The molecule has 0 aliphatic carbocycles. The van der Waals surface area contributed by atoms with Gasteiger partial charge in [0.15, 0.2) is 0 Å². The number of aromatic nitrogens is 2. The van der Waals surface area contributed by atoms with Crippen LogP contribution < -0.4 is 16.4 Å². The Morgan fingerprint density at radius 2 is 2.41 bits per heavy atom. The van der Waals surface area contributed by atoms with Gasteiger partial charge in [-0.1, -0.05) is 6.92 Å². The Morgan fingerprint density at radius 3 is 3.06 bits per heavy atom. The minimum absolute atomic E-state index is 0.522. The molecule has 0 saturated carbocycles. The highest BCUT2D eigenvalue weighted by molar-refractivity contribution is 5.34. The third kappa shape index (κ3) is 3.20. The van der Waals surface area contributed by atoms with Crippen molar-refractivity contribution in [2.45, 2.75) is 25.8 Å². The molecular formula is C12H23N5. The van der Waals surface area contributed by atoms with Crippen LogP contribution in [0.5, 0.6) is 0 Å². The average molecular weight is 237 g/mol. The first-order valence-electron chi connectivity index (χ1n) is 6.49. The summed E-state index contributed by atoms with van der Waals surface area (Å²) in [6.45, 7) is 6.08. The van der Waals surface area contributed by atoms with Gasteiger partial charge in [-0.15, -0.1) is 0 Å². The Balaban J connectivity index is 1.76. The third-order valence-electron chi connectivity index (χ3n) is 3.38. The number of hydrogen-bond donors (Lipinski definition) is 3. The van der Waals surface area contributed by atoms with E-state index in [1.807, 2.05) is 12.3 Å². The maximum absolute atomic E-state index is 5.54. The Labute approximate surface area is 103 Å². The summed E-state index contributed by atoms with van der Waals surface area (Å²) in [6, 6.07) is 2.57. The predicted octanol–water partition coefficient (Wildman–Crippen LogP) is 0.814. The number of anilines is 1. The van der Waals surface area contributed by atoms with Gasteiger partial charge in [0.1, 0.15) is 5.82 Å². The fraction of sp³-hybridized carbons (Fsp3) is 0.750. The van der Waals surface area contributed by atoms with Crippen LogP contribution in [0.1, 0.15) is 25.8 Å². The van der Waals surface area contributed by atoms with Crippen LogP contribution in [0.15, 0.2) is 12.3 Å². The van der Waals surface area contributed by atoms with Gasteiger partial charge in [0.25, 0.3) is 0 Å². The topological polar surface area (TPSA) is 67.9 Å². The van der Waals surface area contributed by atoms with Crippen LogP contribution in [0.4, 0.5) is 5.82 Å². The lowest BCUT2D eigenvalue weighted by molar-refractivity contribution is 0.321. The van der Waals surface area contributed by atoms with Crippen LogP contribution in [-0.4, -0.2) is 36.0 Å². The van der Waals surface area contributed by atoms with Crippen LogP contribution in [0.3, 0.4) is 0 Å². The summed E-state index contributed by atoms with van der Waals surface area (Å²) in [5.74, 6) is 1.82.